The summed E-state index contributed by atoms with van der Waals surface area (Å²) in [6, 6.07) is 42.7. The molecule has 244 valence electrons. The van der Waals surface area contributed by atoms with Crippen LogP contribution < -0.4 is 4.72 Å². The minimum Gasteiger partial charge on any atom is -0.478 e. The van der Waals surface area contributed by atoms with Gasteiger partial charge in [-0.1, -0.05) is 115 Å². The number of benzene rings is 5. The van der Waals surface area contributed by atoms with Crippen LogP contribution in [-0.4, -0.2) is 30.6 Å². The Kier molecular flexibility index (Phi) is 10.4. The second-order valence-corrected chi connectivity index (χ2v) is 14.2. The number of fused-ring (bicyclic) bond motifs is 1. The van der Waals surface area contributed by atoms with Gasteiger partial charge in [-0.2, -0.15) is 0 Å². The molecular weight excluding hydrogens is 640 g/mol. The van der Waals surface area contributed by atoms with Crippen molar-refractivity contribution in [2.45, 2.75) is 37.5 Å². The molecule has 0 bridgehead atoms. The van der Waals surface area contributed by atoms with Crippen LogP contribution in [0.25, 0.3) is 10.9 Å². The number of hydrogen-bond donors (Lipinski definition) is 2. The molecule has 6 aromatic rings. The molecule has 0 atom stereocenters. The lowest BCUT2D eigenvalue weighted by atomic mass is 9.97. The smallest absolute Gasteiger partial charge is 0.335 e. The van der Waals surface area contributed by atoms with Crippen LogP contribution in [0.3, 0.4) is 0 Å². The zero-order valence-electron chi connectivity index (χ0n) is 26.4. The average molecular weight is 677 g/mol. The van der Waals surface area contributed by atoms with Crippen LogP contribution >= 0.6 is 11.6 Å². The van der Waals surface area contributed by atoms with Crippen molar-refractivity contribution in [2.75, 3.05) is 6.54 Å². The molecule has 0 fully saturated rings. The lowest BCUT2D eigenvalue weighted by Crippen LogP contribution is -2.28. The average Bonchev–Trinajstić information content (AvgIpc) is 3.37. The van der Waals surface area contributed by atoms with E-state index < -0.39 is 16.0 Å². The second-order valence-electron chi connectivity index (χ2n) is 11.9. The van der Waals surface area contributed by atoms with E-state index in [-0.39, 0.29) is 23.9 Å². The van der Waals surface area contributed by atoms with Gasteiger partial charge in [-0.3, -0.25) is 0 Å². The van der Waals surface area contributed by atoms with Gasteiger partial charge in [-0.15, -0.1) is 0 Å². The third kappa shape index (κ3) is 7.88. The molecule has 8 heteroatoms. The van der Waals surface area contributed by atoms with Crippen molar-refractivity contribution in [3.05, 3.63) is 178 Å². The number of carboxylic acids is 1. The number of nitrogens with one attached hydrogen (secondary N) is 1. The molecule has 0 aliphatic rings. The van der Waals surface area contributed by atoms with Gasteiger partial charge in [0.25, 0.3) is 0 Å². The third-order valence-electron chi connectivity index (χ3n) is 8.65. The zero-order chi connectivity index (χ0) is 33.5. The van der Waals surface area contributed by atoms with Crippen molar-refractivity contribution in [3.63, 3.8) is 0 Å². The Bertz CT molecular complexity index is 2060. The Morgan fingerprint density at radius 1 is 0.729 bits per heavy atom. The van der Waals surface area contributed by atoms with E-state index in [9.17, 15) is 18.3 Å². The van der Waals surface area contributed by atoms with Crippen molar-refractivity contribution in [3.8, 4) is 0 Å². The molecule has 2 N–H and O–H groups in total. The summed E-state index contributed by atoms with van der Waals surface area (Å²) in [7, 11) is -3.58. The fraction of sp³-hybridized carbons (Fsp3) is 0.175. The Labute approximate surface area is 286 Å². The number of aryl methyl sites for hydroxylation is 2. The van der Waals surface area contributed by atoms with Crippen LogP contribution in [0.4, 0.5) is 0 Å². The van der Waals surface area contributed by atoms with Gasteiger partial charge in [-0.05, 0) is 77.4 Å². The highest BCUT2D eigenvalue weighted by Crippen LogP contribution is 2.38. The molecular formula is C40H37ClN2O4S. The van der Waals surface area contributed by atoms with Gasteiger partial charge >= 0.3 is 5.97 Å². The number of rotatable bonds is 14. The highest BCUT2D eigenvalue weighted by Gasteiger charge is 2.26. The Morgan fingerprint density at radius 2 is 1.33 bits per heavy atom. The van der Waals surface area contributed by atoms with Gasteiger partial charge in [0.2, 0.25) is 10.0 Å². The van der Waals surface area contributed by atoms with Gasteiger partial charge in [0.1, 0.15) is 0 Å². The molecule has 1 heterocycles. The number of hydrogen-bond acceptors (Lipinski definition) is 3. The monoisotopic (exact) mass is 676 g/mol. The molecule has 1 aromatic heterocycles. The minimum atomic E-state index is -3.58. The highest BCUT2D eigenvalue weighted by molar-refractivity contribution is 7.88. The maximum absolute atomic E-state index is 13.2. The summed E-state index contributed by atoms with van der Waals surface area (Å²) < 4.78 is 31.6. The first-order valence-corrected chi connectivity index (χ1v) is 18.1. The van der Waals surface area contributed by atoms with E-state index in [2.05, 4.69) is 39.6 Å². The molecule has 0 unspecified atom stereocenters. The van der Waals surface area contributed by atoms with E-state index in [0.29, 0.717) is 11.4 Å². The third-order valence-corrected chi connectivity index (χ3v) is 10.2. The molecule has 5 aromatic carbocycles. The summed E-state index contributed by atoms with van der Waals surface area (Å²) in [4.78, 5) is 11.3. The van der Waals surface area contributed by atoms with Crippen molar-refractivity contribution in [2.24, 2.45) is 0 Å². The first-order valence-electron chi connectivity index (χ1n) is 16.0. The van der Waals surface area contributed by atoms with Gasteiger partial charge in [0.15, 0.2) is 0 Å². The van der Waals surface area contributed by atoms with Crippen LogP contribution in [-0.2, 0) is 35.0 Å². The molecule has 0 saturated heterocycles. The normalized spacial score (nSPS) is 11.7. The van der Waals surface area contributed by atoms with Crippen molar-refractivity contribution in [1.29, 1.82) is 0 Å². The number of carboxylic acid groups (broad SMARTS) is 1. The highest BCUT2D eigenvalue weighted by atomic mass is 35.5. The van der Waals surface area contributed by atoms with Crippen molar-refractivity contribution < 1.29 is 18.3 Å². The van der Waals surface area contributed by atoms with Gasteiger partial charge < -0.3 is 9.67 Å². The van der Waals surface area contributed by atoms with Crippen molar-refractivity contribution in [1.82, 2.24) is 9.29 Å². The molecule has 0 saturated carbocycles. The van der Waals surface area contributed by atoms with E-state index in [1.165, 1.54) is 0 Å². The van der Waals surface area contributed by atoms with Gasteiger partial charge in [-0.25, -0.2) is 17.9 Å². The number of aromatic nitrogens is 1. The quantitative estimate of drug-likeness (QED) is 0.121. The SMILES string of the molecule is O=C(O)c1ccc(CCCc2c(CCNS(=O)(=O)Cc3ccccc3)n(C(c3ccccc3)c3ccccc3)c3ccc(Cl)cc23)cc1. The van der Waals surface area contributed by atoms with Crippen LogP contribution in [0.5, 0.6) is 0 Å². The fourth-order valence-electron chi connectivity index (χ4n) is 6.47. The lowest BCUT2D eigenvalue weighted by molar-refractivity contribution is 0.0697. The standard InChI is InChI=1S/C40H37ClN2O4S/c41-34-23-24-37-36(27-34)35(18-10-13-29-19-21-33(22-20-29)40(44)45)38(25-26-42-48(46,47)28-30-11-4-1-5-12-30)43(37)39(31-14-6-2-7-15-31)32-16-8-3-9-17-32/h1-9,11-12,14-17,19-24,27,39,42H,10,13,18,25-26,28H2,(H,44,45). The molecule has 6 rings (SSSR count). The number of aromatic carboxylic acids is 1. The van der Waals surface area contributed by atoms with Crippen LogP contribution in [0.2, 0.25) is 5.02 Å². The molecule has 0 radical (unpaired) electrons. The Hall–Kier alpha value is -4.69. The van der Waals surface area contributed by atoms with Gasteiger partial charge in [0.05, 0.1) is 17.4 Å². The Balaban J connectivity index is 1.40. The first kappa shape index (κ1) is 33.2. The second kappa shape index (κ2) is 15.0. The Morgan fingerprint density at radius 3 is 1.94 bits per heavy atom. The van der Waals surface area contributed by atoms with Gasteiger partial charge in [0, 0.05) is 34.6 Å². The van der Waals surface area contributed by atoms with E-state index in [0.717, 1.165) is 63.7 Å². The molecule has 0 amide bonds. The minimum absolute atomic E-state index is 0.0867. The summed E-state index contributed by atoms with van der Waals surface area (Å²) in [6.45, 7) is 0.235. The molecule has 6 nitrogen and oxygen atoms in total. The van der Waals surface area contributed by atoms with E-state index in [1.54, 1.807) is 12.1 Å². The maximum Gasteiger partial charge on any atom is 0.335 e. The lowest BCUT2D eigenvalue weighted by Gasteiger charge is -2.25. The van der Waals surface area contributed by atoms with E-state index >= 15 is 0 Å². The maximum atomic E-state index is 13.2. The van der Waals surface area contributed by atoms with E-state index in [4.69, 9.17) is 11.6 Å². The predicted octanol–water partition coefficient (Wildman–Crippen LogP) is 8.47. The largest absolute Gasteiger partial charge is 0.478 e. The molecule has 0 aliphatic heterocycles. The summed E-state index contributed by atoms with van der Waals surface area (Å²) in [6.07, 6.45) is 2.77. The summed E-state index contributed by atoms with van der Waals surface area (Å²) >= 11 is 6.63. The number of carbonyl (C=O) groups is 1. The number of sulfonamides is 1. The predicted molar refractivity (Wildman–Crippen MR) is 193 cm³/mol. The number of halogens is 1. The molecule has 0 spiro atoms. The molecule has 0 aliphatic carbocycles. The summed E-state index contributed by atoms with van der Waals surface area (Å²) in [5.74, 6) is -1.03. The van der Waals surface area contributed by atoms with E-state index in [1.807, 2.05) is 91.0 Å². The summed E-state index contributed by atoms with van der Waals surface area (Å²) in [5, 5.41) is 11.0. The first-order chi connectivity index (χ1) is 23.3. The topological polar surface area (TPSA) is 88.4 Å². The van der Waals surface area contributed by atoms with Crippen molar-refractivity contribution >= 4 is 38.5 Å². The van der Waals surface area contributed by atoms with Crippen LogP contribution in [0, 0.1) is 0 Å². The number of nitrogens with zero attached hydrogens (tertiary/aromatic N) is 1. The molecule has 48 heavy (non-hydrogen) atoms. The summed E-state index contributed by atoms with van der Waals surface area (Å²) in [5.41, 5.74) is 7.50. The zero-order valence-corrected chi connectivity index (χ0v) is 28.0. The fourth-order valence-corrected chi connectivity index (χ4v) is 7.78. The van der Waals surface area contributed by atoms with Crippen LogP contribution in [0.1, 0.15) is 56.3 Å². The van der Waals surface area contributed by atoms with Crippen LogP contribution in [0.15, 0.2) is 133 Å².